The Bertz CT molecular complexity index is 882. The molecule has 0 atom stereocenters. The SMILES string of the molecule is Cc1ccccc1-c1ccccc1COc1ccc(CCC(=O)O)cc1. The lowest BCUT2D eigenvalue weighted by atomic mass is 9.96. The summed E-state index contributed by atoms with van der Waals surface area (Å²) in [5.41, 5.74) is 5.78. The molecule has 26 heavy (non-hydrogen) atoms. The standard InChI is InChI=1S/C23H22O3/c1-17-6-2-4-8-21(17)22-9-5-3-7-19(22)16-26-20-13-10-18(11-14-20)12-15-23(24)25/h2-11,13-14H,12,15-16H2,1H3,(H,24,25). The van der Waals surface area contributed by atoms with Crippen molar-refractivity contribution in [1.29, 1.82) is 0 Å². The number of aryl methyl sites for hydroxylation is 2. The highest BCUT2D eigenvalue weighted by atomic mass is 16.5. The number of carboxylic acid groups (broad SMARTS) is 1. The lowest BCUT2D eigenvalue weighted by Crippen LogP contribution is -1.99. The van der Waals surface area contributed by atoms with Gasteiger partial charge in [0, 0.05) is 6.42 Å². The van der Waals surface area contributed by atoms with Gasteiger partial charge < -0.3 is 9.84 Å². The van der Waals surface area contributed by atoms with Gasteiger partial charge in [-0.3, -0.25) is 4.79 Å². The van der Waals surface area contributed by atoms with Crippen molar-refractivity contribution in [2.75, 3.05) is 0 Å². The fraction of sp³-hybridized carbons (Fsp3) is 0.174. The Labute approximate surface area is 153 Å². The van der Waals surface area contributed by atoms with Crippen LogP contribution in [0.2, 0.25) is 0 Å². The summed E-state index contributed by atoms with van der Waals surface area (Å²) in [6.45, 7) is 2.60. The van der Waals surface area contributed by atoms with Crippen LogP contribution in [0.3, 0.4) is 0 Å². The minimum Gasteiger partial charge on any atom is -0.489 e. The van der Waals surface area contributed by atoms with Crippen LogP contribution in [0.1, 0.15) is 23.1 Å². The van der Waals surface area contributed by atoms with E-state index in [2.05, 4.69) is 37.3 Å². The molecule has 0 unspecified atom stereocenters. The Kier molecular flexibility index (Phi) is 5.69. The number of benzene rings is 3. The Balaban J connectivity index is 1.71. The lowest BCUT2D eigenvalue weighted by molar-refractivity contribution is -0.136. The van der Waals surface area contributed by atoms with Crippen molar-refractivity contribution in [3.8, 4) is 16.9 Å². The van der Waals surface area contributed by atoms with E-state index in [1.54, 1.807) is 0 Å². The fourth-order valence-corrected chi connectivity index (χ4v) is 2.95. The molecule has 1 N–H and O–H groups in total. The second kappa shape index (κ2) is 8.34. The van der Waals surface area contributed by atoms with Gasteiger partial charge >= 0.3 is 5.97 Å². The van der Waals surface area contributed by atoms with E-state index in [1.165, 1.54) is 16.7 Å². The van der Waals surface area contributed by atoms with Crippen LogP contribution in [-0.4, -0.2) is 11.1 Å². The van der Waals surface area contributed by atoms with E-state index in [0.717, 1.165) is 16.9 Å². The summed E-state index contributed by atoms with van der Waals surface area (Å²) in [6.07, 6.45) is 0.676. The van der Waals surface area contributed by atoms with Gasteiger partial charge in [0.1, 0.15) is 12.4 Å². The average Bonchev–Trinajstić information content (AvgIpc) is 2.66. The van der Waals surface area contributed by atoms with Crippen LogP contribution in [0.25, 0.3) is 11.1 Å². The number of ether oxygens (including phenoxy) is 1. The van der Waals surface area contributed by atoms with E-state index in [1.807, 2.05) is 42.5 Å². The van der Waals surface area contributed by atoms with Gasteiger partial charge in [0.05, 0.1) is 0 Å². The average molecular weight is 346 g/mol. The number of aliphatic carboxylic acids is 1. The van der Waals surface area contributed by atoms with E-state index in [-0.39, 0.29) is 6.42 Å². The molecule has 0 aliphatic heterocycles. The van der Waals surface area contributed by atoms with Crippen LogP contribution >= 0.6 is 0 Å². The summed E-state index contributed by atoms with van der Waals surface area (Å²) in [4.78, 5) is 10.6. The second-order valence-corrected chi connectivity index (χ2v) is 6.30. The van der Waals surface area contributed by atoms with Crippen LogP contribution in [0, 0.1) is 6.92 Å². The molecule has 0 heterocycles. The molecular formula is C23H22O3. The molecule has 0 aliphatic rings. The third kappa shape index (κ3) is 4.51. The van der Waals surface area contributed by atoms with E-state index in [4.69, 9.17) is 9.84 Å². The Morgan fingerprint density at radius 3 is 2.23 bits per heavy atom. The quantitative estimate of drug-likeness (QED) is 0.635. The smallest absolute Gasteiger partial charge is 0.303 e. The molecule has 132 valence electrons. The molecule has 0 bridgehead atoms. The fourth-order valence-electron chi connectivity index (χ4n) is 2.95. The summed E-state index contributed by atoms with van der Waals surface area (Å²) in [7, 11) is 0. The monoisotopic (exact) mass is 346 g/mol. The predicted octanol–water partition coefficient (Wildman–Crippen LogP) is 5.26. The van der Waals surface area contributed by atoms with Crippen molar-refractivity contribution < 1.29 is 14.6 Å². The number of carbonyl (C=O) groups is 1. The maximum Gasteiger partial charge on any atom is 0.303 e. The van der Waals surface area contributed by atoms with E-state index < -0.39 is 5.97 Å². The number of carboxylic acids is 1. The zero-order valence-electron chi connectivity index (χ0n) is 14.8. The molecule has 3 nitrogen and oxygen atoms in total. The maximum atomic E-state index is 10.6. The molecule has 0 fully saturated rings. The van der Waals surface area contributed by atoms with Crippen LogP contribution in [0.5, 0.6) is 5.75 Å². The molecule has 3 aromatic rings. The van der Waals surface area contributed by atoms with E-state index in [9.17, 15) is 4.79 Å². The first-order valence-corrected chi connectivity index (χ1v) is 8.71. The summed E-state index contributed by atoms with van der Waals surface area (Å²) in [5, 5.41) is 8.75. The van der Waals surface area contributed by atoms with Crippen LogP contribution < -0.4 is 4.74 Å². The predicted molar refractivity (Wildman–Crippen MR) is 103 cm³/mol. The molecule has 0 radical (unpaired) electrons. The lowest BCUT2D eigenvalue weighted by Gasteiger charge is -2.13. The first kappa shape index (κ1) is 17.7. The van der Waals surface area contributed by atoms with E-state index >= 15 is 0 Å². The van der Waals surface area contributed by atoms with Gasteiger partial charge in [0.2, 0.25) is 0 Å². The zero-order chi connectivity index (χ0) is 18.4. The van der Waals surface area contributed by atoms with Crippen molar-refractivity contribution in [1.82, 2.24) is 0 Å². The van der Waals surface area contributed by atoms with Crippen LogP contribution in [0.4, 0.5) is 0 Å². The van der Waals surface area contributed by atoms with Gasteiger partial charge in [-0.2, -0.15) is 0 Å². The normalized spacial score (nSPS) is 10.5. The highest BCUT2D eigenvalue weighted by Crippen LogP contribution is 2.27. The number of rotatable bonds is 7. The van der Waals surface area contributed by atoms with Crippen molar-refractivity contribution >= 4 is 5.97 Å². The molecule has 0 saturated carbocycles. The minimum atomic E-state index is -0.780. The topological polar surface area (TPSA) is 46.5 Å². The van der Waals surface area contributed by atoms with Gasteiger partial charge in [-0.15, -0.1) is 0 Å². The first-order valence-electron chi connectivity index (χ1n) is 8.71. The van der Waals surface area contributed by atoms with Gasteiger partial charge in [0.25, 0.3) is 0 Å². The molecule has 0 aromatic heterocycles. The van der Waals surface area contributed by atoms with Crippen LogP contribution in [-0.2, 0) is 17.8 Å². The molecule has 3 aromatic carbocycles. The van der Waals surface area contributed by atoms with Crippen molar-refractivity contribution in [3.63, 3.8) is 0 Å². The Hall–Kier alpha value is -3.07. The number of hydrogen-bond acceptors (Lipinski definition) is 2. The second-order valence-electron chi connectivity index (χ2n) is 6.30. The molecule has 0 spiro atoms. The molecule has 0 aliphatic carbocycles. The molecule has 0 amide bonds. The van der Waals surface area contributed by atoms with Crippen molar-refractivity contribution in [2.45, 2.75) is 26.4 Å². The van der Waals surface area contributed by atoms with E-state index in [0.29, 0.717) is 13.0 Å². The Morgan fingerprint density at radius 1 is 0.885 bits per heavy atom. The maximum absolute atomic E-state index is 10.6. The Morgan fingerprint density at radius 2 is 1.54 bits per heavy atom. The first-order chi connectivity index (χ1) is 12.6. The molecule has 3 rings (SSSR count). The third-order valence-corrected chi connectivity index (χ3v) is 4.40. The largest absolute Gasteiger partial charge is 0.489 e. The van der Waals surface area contributed by atoms with Crippen molar-refractivity contribution in [2.24, 2.45) is 0 Å². The highest BCUT2D eigenvalue weighted by Gasteiger charge is 2.07. The highest BCUT2D eigenvalue weighted by molar-refractivity contribution is 5.70. The summed E-state index contributed by atoms with van der Waals surface area (Å²) in [6, 6.07) is 24.3. The third-order valence-electron chi connectivity index (χ3n) is 4.40. The van der Waals surface area contributed by atoms with Gasteiger partial charge in [-0.25, -0.2) is 0 Å². The molecule has 0 saturated heterocycles. The van der Waals surface area contributed by atoms with Crippen molar-refractivity contribution in [3.05, 3.63) is 89.5 Å². The van der Waals surface area contributed by atoms with Gasteiger partial charge in [-0.1, -0.05) is 60.7 Å². The van der Waals surface area contributed by atoms with Gasteiger partial charge in [-0.05, 0) is 53.3 Å². The zero-order valence-corrected chi connectivity index (χ0v) is 14.8. The molecule has 3 heteroatoms. The summed E-state index contributed by atoms with van der Waals surface area (Å²) >= 11 is 0. The van der Waals surface area contributed by atoms with Gasteiger partial charge in [0.15, 0.2) is 0 Å². The van der Waals surface area contributed by atoms with Crippen LogP contribution in [0.15, 0.2) is 72.8 Å². The summed E-state index contributed by atoms with van der Waals surface area (Å²) < 4.78 is 5.96. The summed E-state index contributed by atoms with van der Waals surface area (Å²) in [5.74, 6) is 0.00167. The molecular weight excluding hydrogens is 324 g/mol. The number of hydrogen-bond donors (Lipinski definition) is 1. The minimum absolute atomic E-state index is 0.143.